The van der Waals surface area contributed by atoms with E-state index in [9.17, 15) is 5.11 Å². The van der Waals surface area contributed by atoms with Crippen molar-refractivity contribution in [1.29, 1.82) is 10.8 Å². The molecule has 0 radical (unpaired) electrons. The number of nitrogens with two attached hydrogens (primary N) is 1. The molecule has 1 aliphatic heterocycles. The van der Waals surface area contributed by atoms with Crippen molar-refractivity contribution in [2.75, 3.05) is 7.05 Å². The second kappa shape index (κ2) is 9.26. The molecule has 1 fully saturated rings. The van der Waals surface area contributed by atoms with Crippen LogP contribution in [0.2, 0.25) is 0 Å². The summed E-state index contributed by atoms with van der Waals surface area (Å²) in [5.41, 5.74) is 7.27. The van der Waals surface area contributed by atoms with Crippen molar-refractivity contribution in [1.82, 2.24) is 5.32 Å². The molecule has 7 nitrogen and oxygen atoms in total. The van der Waals surface area contributed by atoms with Gasteiger partial charge in [0.15, 0.2) is 0 Å². The Morgan fingerprint density at radius 1 is 1.20 bits per heavy atom. The molecule has 0 saturated carbocycles. The summed E-state index contributed by atoms with van der Waals surface area (Å²) in [5.74, 6) is -0.0397. The van der Waals surface area contributed by atoms with Gasteiger partial charge in [-0.2, -0.15) is 0 Å². The molecule has 1 aliphatic rings. The number of allylic oxidation sites excluding steroid dienone is 2. The maximum Gasteiger partial charge on any atom is 0.206 e. The van der Waals surface area contributed by atoms with Gasteiger partial charge in [-0.05, 0) is 51.5 Å². The molecule has 0 atom stereocenters. The van der Waals surface area contributed by atoms with E-state index in [1.807, 2.05) is 0 Å². The number of aliphatic imine (C=N–C) groups is 1. The van der Waals surface area contributed by atoms with Crippen LogP contribution < -0.4 is 11.1 Å². The monoisotopic (exact) mass is 411 g/mol. The number of piperidine rings is 1. The predicted molar refractivity (Wildman–Crippen MR) is 124 cm³/mol. The lowest BCUT2D eigenvalue weighted by molar-refractivity contribution is 0.0485. The van der Waals surface area contributed by atoms with Gasteiger partial charge in [0.05, 0.1) is 5.71 Å². The SMILES string of the molecule is CN=CC(=CN)c1ccc(C(=N)/C=C\C(=N)OC2CC(C)(C)NC(C)(C)C2)c(O)c1. The van der Waals surface area contributed by atoms with Crippen molar-refractivity contribution in [3.63, 3.8) is 0 Å². The number of nitrogens with one attached hydrogen (secondary N) is 3. The lowest BCUT2D eigenvalue weighted by Gasteiger charge is -2.46. The second-order valence-corrected chi connectivity index (χ2v) is 8.89. The summed E-state index contributed by atoms with van der Waals surface area (Å²) in [6, 6.07) is 4.95. The minimum Gasteiger partial charge on any atom is -0.507 e. The third-order valence-electron chi connectivity index (χ3n) is 4.92. The van der Waals surface area contributed by atoms with Gasteiger partial charge in [-0.15, -0.1) is 0 Å². The van der Waals surface area contributed by atoms with Crippen LogP contribution >= 0.6 is 0 Å². The average molecular weight is 412 g/mol. The molecule has 0 aromatic heterocycles. The van der Waals surface area contributed by atoms with Gasteiger partial charge in [0, 0.05) is 60.6 Å². The summed E-state index contributed by atoms with van der Waals surface area (Å²) in [5, 5.41) is 30.3. The summed E-state index contributed by atoms with van der Waals surface area (Å²) >= 11 is 0. The Kier molecular flexibility index (Phi) is 7.21. The average Bonchev–Trinajstić information content (AvgIpc) is 2.61. The van der Waals surface area contributed by atoms with Crippen LogP contribution in [-0.4, -0.2) is 47.2 Å². The van der Waals surface area contributed by atoms with Gasteiger partial charge < -0.3 is 26.3 Å². The van der Waals surface area contributed by atoms with Crippen molar-refractivity contribution < 1.29 is 9.84 Å². The predicted octanol–water partition coefficient (Wildman–Crippen LogP) is 3.62. The van der Waals surface area contributed by atoms with Crippen LogP contribution in [0.25, 0.3) is 5.57 Å². The molecule has 1 aromatic rings. The van der Waals surface area contributed by atoms with Crippen LogP contribution in [0.4, 0.5) is 0 Å². The van der Waals surface area contributed by atoms with Crippen LogP contribution in [0, 0.1) is 10.8 Å². The van der Waals surface area contributed by atoms with Crippen molar-refractivity contribution in [2.24, 2.45) is 10.7 Å². The molecule has 0 spiro atoms. The van der Waals surface area contributed by atoms with Gasteiger partial charge in [-0.1, -0.05) is 6.07 Å². The van der Waals surface area contributed by atoms with E-state index in [1.165, 1.54) is 18.4 Å². The molecule has 1 saturated heterocycles. The van der Waals surface area contributed by atoms with Crippen LogP contribution in [0.5, 0.6) is 5.75 Å². The van der Waals surface area contributed by atoms with Crippen LogP contribution in [0.15, 0.2) is 41.5 Å². The summed E-state index contributed by atoms with van der Waals surface area (Å²) < 4.78 is 5.83. The summed E-state index contributed by atoms with van der Waals surface area (Å²) in [6.07, 6.45) is 7.44. The standard InChI is InChI=1S/C23H33N5O2/c1-22(2)11-17(12-23(3,4)28-22)30-21(26)9-8-19(25)18-7-6-15(10-20(18)29)16(13-24)14-27-5/h6-10,13-14,17,25-26,28-29H,11-12,24H2,1-5H3/b9-8-,16-13?,25-19?,26-21?,27-14?. The lowest BCUT2D eigenvalue weighted by Crippen LogP contribution is -2.59. The number of ether oxygens (including phenoxy) is 1. The van der Waals surface area contributed by atoms with Crippen LogP contribution in [-0.2, 0) is 4.74 Å². The molecule has 6 N–H and O–H groups in total. The number of phenols is 1. The van der Waals surface area contributed by atoms with E-state index in [2.05, 4.69) is 38.0 Å². The summed E-state index contributed by atoms with van der Waals surface area (Å²) in [7, 11) is 1.64. The first-order valence-corrected chi connectivity index (χ1v) is 9.95. The van der Waals surface area contributed by atoms with Crippen LogP contribution in [0.1, 0.15) is 51.7 Å². The van der Waals surface area contributed by atoms with Crippen LogP contribution in [0.3, 0.4) is 0 Å². The molecule has 0 amide bonds. The van der Waals surface area contributed by atoms with Crippen molar-refractivity contribution in [3.8, 4) is 5.75 Å². The fourth-order valence-electron chi connectivity index (χ4n) is 4.07. The number of aromatic hydroxyl groups is 1. The molecule has 1 heterocycles. The Morgan fingerprint density at radius 3 is 2.37 bits per heavy atom. The van der Waals surface area contributed by atoms with E-state index in [1.54, 1.807) is 31.5 Å². The van der Waals surface area contributed by atoms with E-state index >= 15 is 0 Å². The Hall–Kier alpha value is -2.93. The van der Waals surface area contributed by atoms with Gasteiger partial charge >= 0.3 is 0 Å². The van der Waals surface area contributed by atoms with Crippen molar-refractivity contribution in [3.05, 3.63) is 47.7 Å². The maximum atomic E-state index is 10.3. The largest absolute Gasteiger partial charge is 0.507 e. The highest BCUT2D eigenvalue weighted by molar-refractivity contribution is 6.12. The third kappa shape index (κ3) is 6.29. The van der Waals surface area contributed by atoms with Gasteiger partial charge in [-0.25, -0.2) is 0 Å². The molecular weight excluding hydrogens is 378 g/mol. The molecule has 7 heteroatoms. The highest BCUT2D eigenvalue weighted by Crippen LogP contribution is 2.30. The normalized spacial score (nSPS) is 19.3. The number of benzene rings is 1. The molecule has 2 rings (SSSR count). The topological polar surface area (TPSA) is 128 Å². The minimum atomic E-state index is -0.0734. The highest BCUT2D eigenvalue weighted by atomic mass is 16.5. The summed E-state index contributed by atoms with van der Waals surface area (Å²) in [4.78, 5) is 3.94. The van der Waals surface area contributed by atoms with Gasteiger partial charge in [0.2, 0.25) is 5.90 Å². The van der Waals surface area contributed by atoms with Crippen molar-refractivity contribution in [2.45, 2.75) is 57.7 Å². The molecule has 162 valence electrons. The van der Waals surface area contributed by atoms with E-state index < -0.39 is 0 Å². The number of hydrogen-bond acceptors (Lipinski definition) is 7. The highest BCUT2D eigenvalue weighted by Gasteiger charge is 2.38. The molecule has 0 bridgehead atoms. The molecule has 30 heavy (non-hydrogen) atoms. The molecular formula is C23H33N5O2. The van der Waals surface area contributed by atoms with Gasteiger partial charge in [-0.3, -0.25) is 10.4 Å². The number of rotatable bonds is 6. The first-order valence-electron chi connectivity index (χ1n) is 9.95. The first-order chi connectivity index (χ1) is 14.0. The quantitative estimate of drug-likeness (QED) is 0.362. The Balaban J connectivity index is 2.06. The van der Waals surface area contributed by atoms with E-state index in [4.69, 9.17) is 21.3 Å². The number of nitrogens with zero attached hydrogens (tertiary/aromatic N) is 1. The van der Waals surface area contributed by atoms with Gasteiger partial charge in [0.1, 0.15) is 11.9 Å². The second-order valence-electron chi connectivity index (χ2n) is 8.89. The zero-order valence-electron chi connectivity index (χ0n) is 18.4. The molecule has 0 aliphatic carbocycles. The fraction of sp³-hybridized carbons (Fsp3) is 0.435. The Labute approximate surface area is 178 Å². The molecule has 1 aromatic carbocycles. The molecule has 0 unspecified atom stereocenters. The maximum absolute atomic E-state index is 10.3. The zero-order chi connectivity index (χ0) is 22.5. The van der Waals surface area contributed by atoms with E-state index in [0.717, 1.165) is 12.8 Å². The fourth-order valence-corrected chi connectivity index (χ4v) is 4.07. The van der Waals surface area contributed by atoms with Crippen molar-refractivity contribution >= 4 is 23.4 Å². The lowest BCUT2D eigenvalue weighted by atomic mass is 9.81. The van der Waals surface area contributed by atoms with E-state index in [0.29, 0.717) is 16.7 Å². The Bertz CT molecular complexity index is 881. The van der Waals surface area contributed by atoms with E-state index in [-0.39, 0.29) is 34.5 Å². The summed E-state index contributed by atoms with van der Waals surface area (Å²) in [6.45, 7) is 8.51. The zero-order valence-corrected chi connectivity index (χ0v) is 18.4. The number of phenolic OH excluding ortho intramolecular Hbond substituents is 1. The minimum absolute atomic E-state index is 0.00173. The first kappa shape index (κ1) is 23.3. The Morgan fingerprint density at radius 2 is 1.83 bits per heavy atom. The smallest absolute Gasteiger partial charge is 0.206 e. The number of hydrogen-bond donors (Lipinski definition) is 5. The van der Waals surface area contributed by atoms with Gasteiger partial charge in [0.25, 0.3) is 0 Å². The third-order valence-corrected chi connectivity index (χ3v) is 4.92.